The Morgan fingerprint density at radius 2 is 2.00 bits per heavy atom. The third-order valence-electron chi connectivity index (χ3n) is 1.82. The molecule has 1 aromatic carbocycles. The van der Waals surface area contributed by atoms with Crippen LogP contribution in [0.4, 0.5) is 13.2 Å². The van der Waals surface area contributed by atoms with Crippen LogP contribution < -0.4 is 5.73 Å². The van der Waals surface area contributed by atoms with E-state index in [4.69, 9.17) is 10.8 Å². The number of nitrogens with two attached hydrogens (primary N) is 1. The Morgan fingerprint density at radius 1 is 1.40 bits per heavy atom. The van der Waals surface area contributed by atoms with E-state index in [2.05, 4.69) is 0 Å². The van der Waals surface area contributed by atoms with Crippen LogP contribution in [0.15, 0.2) is 12.1 Å². The maximum atomic E-state index is 13.1. The Kier molecular flexibility index (Phi) is 3.31. The topological polar surface area (TPSA) is 63.3 Å². The fraction of sp³-hybridized carbons (Fsp3) is 0.222. The predicted molar refractivity (Wildman–Crippen MR) is 45.5 cm³/mol. The van der Waals surface area contributed by atoms with E-state index in [1.54, 1.807) is 0 Å². The number of rotatable bonds is 3. The molecular formula is C9H8F3NO2. The van der Waals surface area contributed by atoms with Gasteiger partial charge in [-0.3, -0.25) is 4.79 Å². The lowest BCUT2D eigenvalue weighted by Crippen LogP contribution is -2.17. The van der Waals surface area contributed by atoms with Crippen molar-refractivity contribution in [2.24, 2.45) is 5.73 Å². The minimum absolute atomic E-state index is 0.367. The normalized spacial score (nSPS) is 12.5. The molecule has 3 nitrogen and oxygen atoms in total. The summed E-state index contributed by atoms with van der Waals surface area (Å²) < 4.78 is 38.5. The molecule has 0 aliphatic heterocycles. The van der Waals surface area contributed by atoms with Crippen LogP contribution in [0, 0.1) is 17.5 Å². The van der Waals surface area contributed by atoms with Gasteiger partial charge in [-0.15, -0.1) is 0 Å². The van der Waals surface area contributed by atoms with Crippen molar-refractivity contribution in [3.63, 3.8) is 0 Å². The predicted octanol–water partition coefficient (Wildman–Crippen LogP) is 1.58. The van der Waals surface area contributed by atoms with Crippen LogP contribution in [0.3, 0.4) is 0 Å². The number of hydrogen-bond donors (Lipinski definition) is 2. The summed E-state index contributed by atoms with van der Waals surface area (Å²) in [4.78, 5) is 10.3. The zero-order valence-electron chi connectivity index (χ0n) is 7.51. The van der Waals surface area contributed by atoms with Crippen LogP contribution in [0.2, 0.25) is 0 Å². The molecule has 0 radical (unpaired) electrons. The van der Waals surface area contributed by atoms with E-state index < -0.39 is 41.4 Å². The number of carboxylic acid groups (broad SMARTS) is 1. The number of aliphatic carboxylic acids is 1. The van der Waals surface area contributed by atoms with Crippen molar-refractivity contribution in [2.45, 2.75) is 12.5 Å². The van der Waals surface area contributed by atoms with Crippen molar-refractivity contribution in [3.8, 4) is 0 Å². The number of benzene rings is 1. The average Bonchev–Trinajstić information content (AvgIpc) is 2.09. The Morgan fingerprint density at radius 3 is 2.53 bits per heavy atom. The van der Waals surface area contributed by atoms with Crippen LogP contribution in [-0.4, -0.2) is 11.1 Å². The summed E-state index contributed by atoms with van der Waals surface area (Å²) in [5, 5.41) is 8.38. The number of carbonyl (C=O) groups is 1. The third-order valence-corrected chi connectivity index (χ3v) is 1.82. The first-order valence-electron chi connectivity index (χ1n) is 4.03. The van der Waals surface area contributed by atoms with E-state index in [0.29, 0.717) is 12.1 Å². The first kappa shape index (κ1) is 11.5. The smallest absolute Gasteiger partial charge is 0.305 e. The molecule has 15 heavy (non-hydrogen) atoms. The monoisotopic (exact) mass is 219 g/mol. The van der Waals surface area contributed by atoms with E-state index in [1.807, 2.05) is 0 Å². The molecule has 0 aliphatic carbocycles. The van der Waals surface area contributed by atoms with E-state index >= 15 is 0 Å². The zero-order chi connectivity index (χ0) is 11.6. The maximum Gasteiger partial charge on any atom is 0.305 e. The van der Waals surface area contributed by atoms with Crippen LogP contribution in [-0.2, 0) is 4.79 Å². The second-order valence-electron chi connectivity index (χ2n) is 3.00. The molecular weight excluding hydrogens is 211 g/mol. The quantitative estimate of drug-likeness (QED) is 0.758. The molecule has 82 valence electrons. The molecule has 0 aliphatic rings. The van der Waals surface area contributed by atoms with Gasteiger partial charge in [-0.1, -0.05) is 0 Å². The first-order chi connectivity index (χ1) is 6.91. The van der Waals surface area contributed by atoms with Gasteiger partial charge in [-0.05, 0) is 6.07 Å². The van der Waals surface area contributed by atoms with Crippen LogP contribution in [0.25, 0.3) is 0 Å². The molecule has 0 bridgehead atoms. The lowest BCUT2D eigenvalue weighted by atomic mass is 10.0. The van der Waals surface area contributed by atoms with Crippen molar-refractivity contribution in [1.82, 2.24) is 0 Å². The summed E-state index contributed by atoms with van der Waals surface area (Å²) >= 11 is 0. The standard InChI is InChI=1S/C9H8F3NO2/c10-4-1-5(7(13)3-8(14)15)9(12)6(11)2-4/h1-2,7H,3,13H2,(H,14,15). The van der Waals surface area contributed by atoms with Crippen molar-refractivity contribution in [1.29, 1.82) is 0 Å². The molecule has 3 N–H and O–H groups in total. The van der Waals surface area contributed by atoms with Gasteiger partial charge in [0.2, 0.25) is 0 Å². The third kappa shape index (κ3) is 2.69. The van der Waals surface area contributed by atoms with Crippen molar-refractivity contribution in [2.75, 3.05) is 0 Å². The molecule has 1 aromatic rings. The van der Waals surface area contributed by atoms with E-state index in [0.717, 1.165) is 0 Å². The minimum Gasteiger partial charge on any atom is -0.481 e. The van der Waals surface area contributed by atoms with Gasteiger partial charge in [0, 0.05) is 17.7 Å². The summed E-state index contributed by atoms with van der Waals surface area (Å²) in [6.45, 7) is 0. The molecule has 1 atom stereocenters. The molecule has 0 aromatic heterocycles. The van der Waals surface area contributed by atoms with Crippen molar-refractivity contribution in [3.05, 3.63) is 35.1 Å². The second-order valence-corrected chi connectivity index (χ2v) is 3.00. The van der Waals surface area contributed by atoms with Gasteiger partial charge in [-0.25, -0.2) is 13.2 Å². The molecule has 0 fully saturated rings. The zero-order valence-corrected chi connectivity index (χ0v) is 7.51. The molecule has 0 heterocycles. The lowest BCUT2D eigenvalue weighted by Gasteiger charge is -2.10. The van der Waals surface area contributed by atoms with Crippen LogP contribution >= 0.6 is 0 Å². The van der Waals surface area contributed by atoms with Gasteiger partial charge in [0.05, 0.1) is 6.42 Å². The maximum absolute atomic E-state index is 13.1. The fourth-order valence-electron chi connectivity index (χ4n) is 1.14. The Labute approximate surface area is 83.3 Å². The SMILES string of the molecule is NC(CC(=O)O)c1cc(F)cc(F)c1F. The highest BCUT2D eigenvalue weighted by atomic mass is 19.2. The summed E-state index contributed by atoms with van der Waals surface area (Å²) in [5.74, 6) is -4.97. The molecule has 6 heteroatoms. The lowest BCUT2D eigenvalue weighted by molar-refractivity contribution is -0.137. The molecule has 0 spiro atoms. The number of hydrogen-bond acceptors (Lipinski definition) is 2. The minimum atomic E-state index is -1.38. The van der Waals surface area contributed by atoms with Gasteiger partial charge >= 0.3 is 5.97 Å². The number of halogens is 3. The van der Waals surface area contributed by atoms with Gasteiger partial charge in [0.1, 0.15) is 5.82 Å². The molecule has 1 unspecified atom stereocenters. The Hall–Kier alpha value is -1.56. The fourth-order valence-corrected chi connectivity index (χ4v) is 1.14. The van der Waals surface area contributed by atoms with Gasteiger partial charge in [-0.2, -0.15) is 0 Å². The average molecular weight is 219 g/mol. The second kappa shape index (κ2) is 4.31. The van der Waals surface area contributed by atoms with Gasteiger partial charge in [0.15, 0.2) is 11.6 Å². The van der Waals surface area contributed by atoms with Crippen molar-refractivity contribution >= 4 is 5.97 Å². The van der Waals surface area contributed by atoms with Crippen LogP contribution in [0.1, 0.15) is 18.0 Å². The highest BCUT2D eigenvalue weighted by Gasteiger charge is 2.18. The Bertz CT molecular complexity index is 395. The molecule has 1 rings (SSSR count). The molecule has 0 saturated carbocycles. The van der Waals surface area contributed by atoms with Gasteiger partial charge in [0.25, 0.3) is 0 Å². The Balaban J connectivity index is 3.07. The van der Waals surface area contributed by atoms with Crippen LogP contribution in [0.5, 0.6) is 0 Å². The highest BCUT2D eigenvalue weighted by Crippen LogP contribution is 2.21. The van der Waals surface area contributed by atoms with E-state index in [-0.39, 0.29) is 0 Å². The summed E-state index contributed by atoms with van der Waals surface area (Å²) in [6, 6.07) is -0.217. The summed E-state index contributed by atoms with van der Waals surface area (Å²) in [7, 11) is 0. The molecule has 0 saturated heterocycles. The van der Waals surface area contributed by atoms with E-state index in [9.17, 15) is 18.0 Å². The number of carboxylic acids is 1. The summed E-state index contributed by atoms with van der Waals surface area (Å²) in [6.07, 6.45) is -0.597. The van der Waals surface area contributed by atoms with Gasteiger partial charge < -0.3 is 10.8 Å². The van der Waals surface area contributed by atoms with Crippen molar-refractivity contribution < 1.29 is 23.1 Å². The molecule has 0 amide bonds. The highest BCUT2D eigenvalue weighted by molar-refractivity contribution is 5.67. The largest absolute Gasteiger partial charge is 0.481 e. The van der Waals surface area contributed by atoms with E-state index in [1.165, 1.54) is 0 Å². The summed E-state index contributed by atoms with van der Waals surface area (Å²) in [5.41, 5.74) is 4.80. The first-order valence-corrected chi connectivity index (χ1v) is 4.03.